The highest BCUT2D eigenvalue weighted by Crippen LogP contribution is 2.28. The van der Waals surface area contributed by atoms with Crippen LogP contribution >= 0.6 is 0 Å². The highest BCUT2D eigenvalue weighted by atomic mass is 16.5. The summed E-state index contributed by atoms with van der Waals surface area (Å²) in [5, 5.41) is 11.3. The number of aromatic nitrogens is 3. The van der Waals surface area contributed by atoms with E-state index in [0.717, 1.165) is 5.52 Å². The molecule has 9 nitrogen and oxygen atoms in total. The van der Waals surface area contributed by atoms with Gasteiger partial charge in [0.1, 0.15) is 29.6 Å². The molecule has 0 bridgehead atoms. The van der Waals surface area contributed by atoms with E-state index in [-0.39, 0.29) is 24.9 Å². The van der Waals surface area contributed by atoms with E-state index in [1.807, 2.05) is 51.1 Å². The molecule has 2 aromatic heterocycles. The molecule has 0 aliphatic rings. The highest BCUT2D eigenvalue weighted by molar-refractivity contribution is 5.89. The minimum atomic E-state index is -0.934. The molecule has 2 heterocycles. The summed E-state index contributed by atoms with van der Waals surface area (Å²) >= 11 is 0. The van der Waals surface area contributed by atoms with Gasteiger partial charge in [0.05, 0.1) is 25.4 Å². The number of ether oxygens (including phenoxy) is 1. The van der Waals surface area contributed by atoms with Gasteiger partial charge in [-0.05, 0) is 62.7 Å². The largest absolute Gasteiger partial charge is 0.497 e. The SMILES string of the molecule is COc1cccc(C(C(=O)NC(C)(C)C)N(Cc2ccco2)C(=O)Cn2nnc3ccccc32)c1. The number of carbonyl (C=O) groups excluding carboxylic acids is 2. The van der Waals surface area contributed by atoms with E-state index in [4.69, 9.17) is 9.15 Å². The van der Waals surface area contributed by atoms with Gasteiger partial charge in [-0.1, -0.05) is 29.5 Å². The number of nitrogens with zero attached hydrogens (tertiary/aromatic N) is 4. The molecule has 0 aliphatic carbocycles. The van der Waals surface area contributed by atoms with E-state index in [2.05, 4.69) is 15.6 Å². The first-order valence-corrected chi connectivity index (χ1v) is 11.3. The number of carbonyl (C=O) groups is 2. The van der Waals surface area contributed by atoms with Gasteiger partial charge in [-0.15, -0.1) is 5.10 Å². The summed E-state index contributed by atoms with van der Waals surface area (Å²) in [5.41, 5.74) is 1.54. The monoisotopic (exact) mass is 475 g/mol. The molecule has 2 amide bonds. The maximum atomic E-state index is 13.8. The lowest BCUT2D eigenvalue weighted by molar-refractivity contribution is -0.143. The van der Waals surface area contributed by atoms with Gasteiger partial charge >= 0.3 is 0 Å². The fraction of sp³-hybridized carbons (Fsp3) is 0.308. The Bertz CT molecular complexity index is 1310. The van der Waals surface area contributed by atoms with Crippen LogP contribution in [0.5, 0.6) is 5.75 Å². The number of para-hydroxylation sites is 1. The van der Waals surface area contributed by atoms with Crippen molar-refractivity contribution in [2.24, 2.45) is 0 Å². The Hall–Kier alpha value is -4.14. The molecule has 4 aromatic rings. The summed E-state index contributed by atoms with van der Waals surface area (Å²) in [6.07, 6.45) is 1.54. The Balaban J connectivity index is 1.76. The maximum Gasteiger partial charge on any atom is 0.247 e. The standard InChI is InChI=1S/C26H29N5O4/c1-26(2,3)27-25(33)24(18-9-7-10-19(15-18)34-4)30(16-20-11-8-14-35-20)23(32)17-31-22-13-6-5-12-21(22)28-29-31/h5-15,24H,16-17H2,1-4H3,(H,27,33). The Labute approximate surface area is 203 Å². The van der Waals surface area contributed by atoms with Crippen molar-refractivity contribution >= 4 is 22.8 Å². The number of hydrogen-bond acceptors (Lipinski definition) is 6. The van der Waals surface area contributed by atoms with Crippen LogP contribution in [-0.2, 0) is 22.7 Å². The summed E-state index contributed by atoms with van der Waals surface area (Å²) in [6.45, 7) is 5.69. The van der Waals surface area contributed by atoms with Crippen LogP contribution in [0, 0.1) is 0 Å². The van der Waals surface area contributed by atoms with E-state index in [1.54, 1.807) is 43.7 Å². The van der Waals surface area contributed by atoms with Crippen molar-refractivity contribution in [3.8, 4) is 5.75 Å². The number of hydrogen-bond donors (Lipinski definition) is 1. The van der Waals surface area contributed by atoms with Crippen molar-refractivity contribution in [1.82, 2.24) is 25.2 Å². The Morgan fingerprint density at radius 2 is 1.91 bits per heavy atom. The summed E-state index contributed by atoms with van der Waals surface area (Å²) in [6, 6.07) is 17.2. The molecule has 1 N–H and O–H groups in total. The normalized spacial score (nSPS) is 12.3. The van der Waals surface area contributed by atoms with Gasteiger partial charge in [0.15, 0.2) is 0 Å². The Morgan fingerprint density at radius 1 is 1.11 bits per heavy atom. The van der Waals surface area contributed by atoms with Crippen molar-refractivity contribution in [3.63, 3.8) is 0 Å². The molecule has 1 unspecified atom stereocenters. The highest BCUT2D eigenvalue weighted by Gasteiger charge is 2.34. The zero-order chi connectivity index (χ0) is 25.0. The van der Waals surface area contributed by atoms with Gasteiger partial charge < -0.3 is 19.4 Å². The van der Waals surface area contributed by atoms with E-state index < -0.39 is 11.6 Å². The van der Waals surface area contributed by atoms with Crippen LogP contribution in [-0.4, -0.2) is 44.4 Å². The van der Waals surface area contributed by atoms with Crippen LogP contribution in [0.25, 0.3) is 11.0 Å². The molecule has 182 valence electrons. The third-order valence-corrected chi connectivity index (χ3v) is 5.40. The summed E-state index contributed by atoms with van der Waals surface area (Å²) in [5.74, 6) is 0.519. The predicted molar refractivity (Wildman–Crippen MR) is 130 cm³/mol. The number of amides is 2. The van der Waals surface area contributed by atoms with Gasteiger partial charge in [0, 0.05) is 5.54 Å². The second kappa shape index (κ2) is 10.0. The zero-order valence-corrected chi connectivity index (χ0v) is 20.3. The molecule has 0 saturated heterocycles. The molecule has 0 saturated carbocycles. The number of furan rings is 1. The maximum absolute atomic E-state index is 13.8. The van der Waals surface area contributed by atoms with Gasteiger partial charge in [0.2, 0.25) is 11.8 Å². The van der Waals surface area contributed by atoms with Crippen molar-refractivity contribution in [1.29, 1.82) is 0 Å². The molecule has 4 rings (SSSR count). The minimum absolute atomic E-state index is 0.0928. The van der Waals surface area contributed by atoms with E-state index >= 15 is 0 Å². The van der Waals surface area contributed by atoms with Crippen LogP contribution in [0.15, 0.2) is 71.3 Å². The lowest BCUT2D eigenvalue weighted by Crippen LogP contribution is -2.49. The zero-order valence-electron chi connectivity index (χ0n) is 20.3. The van der Waals surface area contributed by atoms with E-state index in [0.29, 0.717) is 22.6 Å². The number of benzene rings is 2. The quantitative estimate of drug-likeness (QED) is 0.417. The second-order valence-corrected chi connectivity index (χ2v) is 9.26. The molecule has 1 atom stereocenters. The predicted octanol–water partition coefficient (Wildman–Crippen LogP) is 3.72. The average Bonchev–Trinajstić information content (AvgIpc) is 3.48. The lowest BCUT2D eigenvalue weighted by atomic mass is 10.0. The van der Waals surface area contributed by atoms with E-state index in [9.17, 15) is 9.59 Å². The third kappa shape index (κ3) is 5.68. The third-order valence-electron chi connectivity index (χ3n) is 5.40. The first-order chi connectivity index (χ1) is 16.7. The molecule has 0 radical (unpaired) electrons. The molecular weight excluding hydrogens is 446 g/mol. The summed E-state index contributed by atoms with van der Waals surface area (Å²) < 4.78 is 12.5. The van der Waals surface area contributed by atoms with Crippen LogP contribution in [0.4, 0.5) is 0 Å². The fourth-order valence-corrected chi connectivity index (χ4v) is 3.87. The Morgan fingerprint density at radius 3 is 2.63 bits per heavy atom. The van der Waals surface area contributed by atoms with Crippen molar-refractivity contribution in [3.05, 3.63) is 78.3 Å². The molecule has 9 heteroatoms. The summed E-state index contributed by atoms with van der Waals surface area (Å²) in [7, 11) is 1.56. The van der Waals surface area contributed by atoms with Gasteiger partial charge in [-0.3, -0.25) is 9.59 Å². The average molecular weight is 476 g/mol. The molecule has 0 spiro atoms. The van der Waals surface area contributed by atoms with E-state index in [1.165, 1.54) is 9.58 Å². The first kappa shape index (κ1) is 24.0. The molecule has 2 aromatic carbocycles. The van der Waals surface area contributed by atoms with Crippen molar-refractivity contribution in [2.45, 2.75) is 45.4 Å². The lowest BCUT2D eigenvalue weighted by Gasteiger charge is -2.33. The van der Waals surface area contributed by atoms with Crippen LogP contribution in [0.3, 0.4) is 0 Å². The number of rotatable bonds is 8. The molecule has 0 aliphatic heterocycles. The molecule has 35 heavy (non-hydrogen) atoms. The Kier molecular flexibility index (Phi) is 6.86. The number of fused-ring (bicyclic) bond motifs is 1. The van der Waals surface area contributed by atoms with Gasteiger partial charge in [0.25, 0.3) is 0 Å². The van der Waals surface area contributed by atoms with Gasteiger partial charge in [-0.25, -0.2) is 4.68 Å². The van der Waals surface area contributed by atoms with Crippen LogP contribution < -0.4 is 10.1 Å². The minimum Gasteiger partial charge on any atom is -0.497 e. The fourth-order valence-electron chi connectivity index (χ4n) is 3.87. The van der Waals surface area contributed by atoms with Gasteiger partial charge in [-0.2, -0.15) is 0 Å². The molecule has 0 fully saturated rings. The summed E-state index contributed by atoms with van der Waals surface area (Å²) in [4.78, 5) is 28.9. The molecular formula is C26H29N5O4. The smallest absolute Gasteiger partial charge is 0.247 e. The topological polar surface area (TPSA) is 102 Å². The number of nitrogens with one attached hydrogen (secondary N) is 1. The second-order valence-electron chi connectivity index (χ2n) is 9.26. The number of methoxy groups -OCH3 is 1. The van der Waals surface area contributed by atoms with Crippen molar-refractivity contribution < 1.29 is 18.7 Å². The first-order valence-electron chi connectivity index (χ1n) is 11.3. The van der Waals surface area contributed by atoms with Crippen LogP contribution in [0.1, 0.15) is 38.1 Å². The van der Waals surface area contributed by atoms with Crippen LogP contribution in [0.2, 0.25) is 0 Å². The van der Waals surface area contributed by atoms with Crippen molar-refractivity contribution in [2.75, 3.05) is 7.11 Å².